The van der Waals surface area contributed by atoms with E-state index in [9.17, 15) is 0 Å². The first-order valence-corrected chi connectivity index (χ1v) is 6.72. The lowest BCUT2D eigenvalue weighted by Gasteiger charge is -2.30. The SMILES string of the molecule is COc1cc(C)cc(C)c1C1(N)CCC(C)(C)C1. The van der Waals surface area contributed by atoms with Gasteiger partial charge in [-0.15, -0.1) is 0 Å². The second-order valence-corrected chi connectivity index (χ2v) is 6.66. The van der Waals surface area contributed by atoms with E-state index in [0.717, 1.165) is 18.6 Å². The monoisotopic (exact) mass is 247 g/mol. The summed E-state index contributed by atoms with van der Waals surface area (Å²) in [5, 5.41) is 0. The minimum Gasteiger partial charge on any atom is -0.496 e. The van der Waals surface area contributed by atoms with Gasteiger partial charge in [-0.05, 0) is 55.7 Å². The van der Waals surface area contributed by atoms with E-state index in [1.807, 2.05) is 0 Å². The van der Waals surface area contributed by atoms with Gasteiger partial charge in [0.1, 0.15) is 5.75 Å². The molecule has 1 aromatic carbocycles. The van der Waals surface area contributed by atoms with Crippen LogP contribution in [-0.2, 0) is 5.54 Å². The van der Waals surface area contributed by atoms with Gasteiger partial charge in [0.15, 0.2) is 0 Å². The van der Waals surface area contributed by atoms with Gasteiger partial charge in [0.25, 0.3) is 0 Å². The second kappa shape index (κ2) is 4.27. The van der Waals surface area contributed by atoms with Crippen LogP contribution in [-0.4, -0.2) is 7.11 Å². The van der Waals surface area contributed by atoms with Crippen molar-refractivity contribution in [2.45, 2.75) is 52.5 Å². The van der Waals surface area contributed by atoms with Crippen LogP contribution < -0.4 is 10.5 Å². The fraction of sp³-hybridized carbons (Fsp3) is 0.625. The van der Waals surface area contributed by atoms with Crippen molar-refractivity contribution in [3.8, 4) is 5.75 Å². The molecule has 1 unspecified atom stereocenters. The number of benzene rings is 1. The van der Waals surface area contributed by atoms with Gasteiger partial charge in [0.2, 0.25) is 0 Å². The highest BCUT2D eigenvalue weighted by Gasteiger charge is 2.43. The zero-order chi connectivity index (χ0) is 13.6. The summed E-state index contributed by atoms with van der Waals surface area (Å²) in [6, 6.07) is 4.31. The van der Waals surface area contributed by atoms with Crippen molar-refractivity contribution in [3.05, 3.63) is 28.8 Å². The van der Waals surface area contributed by atoms with Gasteiger partial charge in [0, 0.05) is 11.1 Å². The van der Waals surface area contributed by atoms with Crippen LogP contribution >= 0.6 is 0 Å². The Morgan fingerprint density at radius 2 is 1.83 bits per heavy atom. The third-order valence-electron chi connectivity index (χ3n) is 4.20. The molecule has 2 nitrogen and oxygen atoms in total. The van der Waals surface area contributed by atoms with Crippen LogP contribution in [0, 0.1) is 19.3 Å². The lowest BCUT2D eigenvalue weighted by atomic mass is 9.81. The standard InChI is InChI=1S/C16H25NO/c1-11-8-12(2)14(13(9-11)18-5)16(17)7-6-15(3,4)10-16/h8-9H,6-7,10,17H2,1-5H3. The lowest BCUT2D eigenvalue weighted by Crippen LogP contribution is -2.35. The maximum Gasteiger partial charge on any atom is 0.124 e. The molecule has 1 fully saturated rings. The first-order chi connectivity index (χ1) is 8.27. The lowest BCUT2D eigenvalue weighted by molar-refractivity contribution is 0.327. The summed E-state index contributed by atoms with van der Waals surface area (Å²) in [5.74, 6) is 0.952. The predicted molar refractivity (Wildman–Crippen MR) is 76.0 cm³/mol. The summed E-state index contributed by atoms with van der Waals surface area (Å²) in [5.41, 5.74) is 10.5. The maximum absolute atomic E-state index is 6.70. The van der Waals surface area contributed by atoms with E-state index in [4.69, 9.17) is 10.5 Å². The Morgan fingerprint density at radius 1 is 1.17 bits per heavy atom. The molecule has 1 aliphatic rings. The maximum atomic E-state index is 6.70. The fourth-order valence-corrected chi connectivity index (χ4v) is 3.53. The summed E-state index contributed by atoms with van der Waals surface area (Å²) in [6.07, 6.45) is 3.25. The molecule has 0 saturated heterocycles. The van der Waals surface area contributed by atoms with Crippen LogP contribution in [0.25, 0.3) is 0 Å². The smallest absolute Gasteiger partial charge is 0.124 e. The Labute approximate surface area is 111 Å². The largest absolute Gasteiger partial charge is 0.496 e. The molecule has 0 bridgehead atoms. The van der Waals surface area contributed by atoms with Gasteiger partial charge in [0.05, 0.1) is 7.11 Å². The Bertz CT molecular complexity index is 464. The molecular weight excluding hydrogens is 222 g/mol. The molecule has 2 N–H and O–H groups in total. The minimum atomic E-state index is -0.230. The number of aryl methyl sites for hydroxylation is 2. The van der Waals surface area contributed by atoms with Gasteiger partial charge in [-0.2, -0.15) is 0 Å². The second-order valence-electron chi connectivity index (χ2n) is 6.66. The highest BCUT2D eigenvalue weighted by molar-refractivity contribution is 5.48. The Balaban J connectivity index is 2.51. The molecule has 0 spiro atoms. The molecule has 1 saturated carbocycles. The molecule has 0 radical (unpaired) electrons. The third-order valence-corrected chi connectivity index (χ3v) is 4.20. The van der Waals surface area contributed by atoms with Gasteiger partial charge in [-0.25, -0.2) is 0 Å². The Morgan fingerprint density at radius 3 is 2.33 bits per heavy atom. The number of hydrogen-bond donors (Lipinski definition) is 1. The molecule has 1 aromatic rings. The van der Waals surface area contributed by atoms with Crippen molar-refractivity contribution >= 4 is 0 Å². The van der Waals surface area contributed by atoms with Crippen molar-refractivity contribution in [1.29, 1.82) is 0 Å². The van der Waals surface area contributed by atoms with E-state index in [-0.39, 0.29) is 5.54 Å². The van der Waals surface area contributed by atoms with Crippen LogP contribution in [0.4, 0.5) is 0 Å². The number of hydrogen-bond acceptors (Lipinski definition) is 2. The third kappa shape index (κ3) is 2.26. The van der Waals surface area contributed by atoms with Crippen LogP contribution in [0.3, 0.4) is 0 Å². The predicted octanol–water partition coefficient (Wildman–Crippen LogP) is 3.68. The Kier molecular flexibility index (Phi) is 3.18. The molecule has 0 amide bonds. The van der Waals surface area contributed by atoms with E-state index >= 15 is 0 Å². The molecule has 0 heterocycles. The molecule has 1 aliphatic carbocycles. The zero-order valence-electron chi connectivity index (χ0n) is 12.3. The summed E-state index contributed by atoms with van der Waals surface area (Å²) in [7, 11) is 1.74. The number of nitrogens with two attached hydrogens (primary N) is 1. The highest BCUT2D eigenvalue weighted by Crippen LogP contribution is 2.50. The topological polar surface area (TPSA) is 35.2 Å². The van der Waals surface area contributed by atoms with Crippen LogP contribution in [0.2, 0.25) is 0 Å². The van der Waals surface area contributed by atoms with Crippen LogP contribution in [0.5, 0.6) is 5.75 Å². The molecule has 0 aromatic heterocycles. The highest BCUT2D eigenvalue weighted by atomic mass is 16.5. The number of rotatable bonds is 2. The quantitative estimate of drug-likeness (QED) is 0.865. The molecule has 18 heavy (non-hydrogen) atoms. The van der Waals surface area contributed by atoms with E-state index in [2.05, 4.69) is 39.8 Å². The molecule has 1 atom stereocenters. The number of ether oxygens (including phenoxy) is 1. The first kappa shape index (κ1) is 13.4. The van der Waals surface area contributed by atoms with Gasteiger partial charge >= 0.3 is 0 Å². The first-order valence-electron chi connectivity index (χ1n) is 6.72. The van der Waals surface area contributed by atoms with Gasteiger partial charge < -0.3 is 10.5 Å². The Hall–Kier alpha value is -1.02. The summed E-state index contributed by atoms with van der Waals surface area (Å²) >= 11 is 0. The average molecular weight is 247 g/mol. The summed E-state index contributed by atoms with van der Waals surface area (Å²) in [6.45, 7) is 8.85. The minimum absolute atomic E-state index is 0.230. The number of methoxy groups -OCH3 is 1. The van der Waals surface area contributed by atoms with E-state index in [0.29, 0.717) is 5.41 Å². The van der Waals surface area contributed by atoms with E-state index in [1.165, 1.54) is 23.1 Å². The molecular formula is C16H25NO. The van der Waals surface area contributed by atoms with Crippen molar-refractivity contribution in [2.24, 2.45) is 11.1 Å². The molecule has 100 valence electrons. The van der Waals surface area contributed by atoms with Crippen molar-refractivity contribution < 1.29 is 4.74 Å². The average Bonchev–Trinajstić information content (AvgIpc) is 2.52. The van der Waals surface area contributed by atoms with Crippen molar-refractivity contribution in [3.63, 3.8) is 0 Å². The van der Waals surface area contributed by atoms with Gasteiger partial charge in [-0.3, -0.25) is 0 Å². The van der Waals surface area contributed by atoms with Crippen LogP contribution in [0.15, 0.2) is 12.1 Å². The zero-order valence-corrected chi connectivity index (χ0v) is 12.3. The van der Waals surface area contributed by atoms with Crippen molar-refractivity contribution in [2.75, 3.05) is 7.11 Å². The van der Waals surface area contributed by atoms with E-state index in [1.54, 1.807) is 7.11 Å². The summed E-state index contributed by atoms with van der Waals surface area (Å²) in [4.78, 5) is 0. The van der Waals surface area contributed by atoms with Gasteiger partial charge in [-0.1, -0.05) is 19.9 Å². The summed E-state index contributed by atoms with van der Waals surface area (Å²) < 4.78 is 5.57. The molecule has 2 rings (SSSR count). The molecule has 2 heteroatoms. The normalized spacial score (nSPS) is 26.3. The van der Waals surface area contributed by atoms with Crippen LogP contribution in [0.1, 0.15) is 49.8 Å². The fourth-order valence-electron chi connectivity index (χ4n) is 3.53. The van der Waals surface area contributed by atoms with E-state index < -0.39 is 0 Å². The molecule has 0 aliphatic heterocycles. The van der Waals surface area contributed by atoms with Crippen molar-refractivity contribution in [1.82, 2.24) is 0 Å².